The minimum atomic E-state index is 0.239. The maximum Gasteiger partial charge on any atom is 0.329 e. The van der Waals surface area contributed by atoms with Crippen molar-refractivity contribution in [2.45, 2.75) is 13.8 Å². The van der Waals surface area contributed by atoms with Crippen LogP contribution in [0.1, 0.15) is 12.6 Å². The molecule has 0 aliphatic rings. The second-order valence-electron chi connectivity index (χ2n) is 4.52. The van der Waals surface area contributed by atoms with Crippen LogP contribution in [-0.4, -0.2) is 45.4 Å². The molecule has 0 spiro atoms. The first kappa shape index (κ1) is 14.0. The summed E-state index contributed by atoms with van der Waals surface area (Å²) in [5, 5.41) is 7.28. The smallest absolute Gasteiger partial charge is 0.329 e. The molecule has 0 radical (unpaired) electrons. The summed E-state index contributed by atoms with van der Waals surface area (Å²) in [6, 6.07) is 2.06. The zero-order valence-corrected chi connectivity index (χ0v) is 12.4. The summed E-state index contributed by atoms with van der Waals surface area (Å²) in [6.45, 7) is 4.60. The van der Waals surface area contributed by atoms with Crippen molar-refractivity contribution in [2.75, 3.05) is 30.9 Å². The third kappa shape index (κ3) is 3.14. The molecule has 0 aliphatic carbocycles. The maximum absolute atomic E-state index is 5.68. The number of anilines is 2. The first-order chi connectivity index (χ1) is 9.49. The Morgan fingerprint density at radius 3 is 2.60 bits per heavy atom. The van der Waals surface area contributed by atoms with Gasteiger partial charge in [-0.3, -0.25) is 0 Å². The molecule has 1 N–H and O–H groups in total. The average molecular weight is 277 g/mol. The van der Waals surface area contributed by atoms with Gasteiger partial charge >= 0.3 is 6.01 Å². The first-order valence-electron chi connectivity index (χ1n) is 6.35. The summed E-state index contributed by atoms with van der Waals surface area (Å²) in [5.41, 5.74) is 0.872. The number of aromatic nitrogens is 5. The fourth-order valence-electron chi connectivity index (χ4n) is 1.60. The maximum atomic E-state index is 5.68. The highest BCUT2D eigenvalue weighted by Crippen LogP contribution is 2.20. The molecule has 2 heterocycles. The highest BCUT2D eigenvalue weighted by Gasteiger charge is 2.12. The van der Waals surface area contributed by atoms with Gasteiger partial charge in [0.15, 0.2) is 0 Å². The Bertz CT molecular complexity index is 593. The minimum absolute atomic E-state index is 0.239. The SMILES string of the molecule is CCNc1nc(Oc2cc(C)nn2C)nc(N(C)C)n1. The van der Waals surface area contributed by atoms with Crippen LogP contribution in [0.4, 0.5) is 11.9 Å². The molecule has 0 saturated carbocycles. The van der Waals surface area contributed by atoms with Gasteiger partial charge in [0.05, 0.1) is 5.69 Å². The summed E-state index contributed by atoms with van der Waals surface area (Å²) < 4.78 is 7.32. The average Bonchev–Trinajstić information content (AvgIpc) is 2.68. The predicted octanol–water partition coefficient (Wildman–Crippen LogP) is 1.20. The second-order valence-corrected chi connectivity index (χ2v) is 4.52. The van der Waals surface area contributed by atoms with Gasteiger partial charge < -0.3 is 15.0 Å². The lowest BCUT2D eigenvalue weighted by molar-refractivity contribution is 0.398. The van der Waals surface area contributed by atoms with Crippen LogP contribution in [0.25, 0.3) is 0 Å². The fraction of sp³-hybridized carbons (Fsp3) is 0.500. The molecular weight excluding hydrogens is 258 g/mol. The lowest BCUT2D eigenvalue weighted by atomic mass is 10.5. The van der Waals surface area contributed by atoms with Crippen LogP contribution in [0.15, 0.2) is 6.07 Å². The molecule has 0 fully saturated rings. The number of nitrogens with zero attached hydrogens (tertiary/aromatic N) is 6. The van der Waals surface area contributed by atoms with E-state index in [2.05, 4.69) is 25.4 Å². The van der Waals surface area contributed by atoms with Gasteiger partial charge in [-0.25, -0.2) is 4.68 Å². The Hall–Kier alpha value is -2.38. The highest BCUT2D eigenvalue weighted by molar-refractivity contribution is 5.37. The van der Waals surface area contributed by atoms with Crippen molar-refractivity contribution in [1.29, 1.82) is 0 Å². The number of hydrogen-bond donors (Lipinski definition) is 1. The van der Waals surface area contributed by atoms with Crippen molar-refractivity contribution in [2.24, 2.45) is 7.05 Å². The van der Waals surface area contributed by atoms with E-state index in [1.165, 1.54) is 0 Å². The molecule has 108 valence electrons. The monoisotopic (exact) mass is 277 g/mol. The van der Waals surface area contributed by atoms with E-state index >= 15 is 0 Å². The topological polar surface area (TPSA) is 81.0 Å². The number of rotatable bonds is 5. The van der Waals surface area contributed by atoms with E-state index in [0.717, 1.165) is 12.2 Å². The zero-order valence-electron chi connectivity index (χ0n) is 12.4. The first-order valence-corrected chi connectivity index (χ1v) is 6.35. The molecule has 20 heavy (non-hydrogen) atoms. The Balaban J connectivity index is 2.32. The third-order valence-electron chi connectivity index (χ3n) is 2.49. The van der Waals surface area contributed by atoms with E-state index in [9.17, 15) is 0 Å². The van der Waals surface area contributed by atoms with Gasteiger partial charge in [0, 0.05) is 33.8 Å². The third-order valence-corrected chi connectivity index (χ3v) is 2.49. The lowest BCUT2D eigenvalue weighted by Crippen LogP contribution is -2.15. The van der Waals surface area contributed by atoms with E-state index in [1.54, 1.807) is 9.58 Å². The van der Waals surface area contributed by atoms with Crippen LogP contribution in [0.3, 0.4) is 0 Å². The largest absolute Gasteiger partial charge is 0.405 e. The molecular formula is C12H19N7O. The number of nitrogens with one attached hydrogen (secondary N) is 1. The van der Waals surface area contributed by atoms with Crippen molar-refractivity contribution >= 4 is 11.9 Å². The van der Waals surface area contributed by atoms with Crippen LogP contribution in [-0.2, 0) is 7.05 Å². The number of hydrogen-bond acceptors (Lipinski definition) is 7. The fourth-order valence-corrected chi connectivity index (χ4v) is 1.60. The van der Waals surface area contributed by atoms with Crippen LogP contribution in [0, 0.1) is 6.92 Å². The molecule has 8 heteroatoms. The standard InChI is InChI=1S/C12H19N7O/c1-6-13-10-14-11(18(3)4)16-12(15-10)20-9-7-8(2)17-19(9)5/h7H,6H2,1-5H3,(H,13,14,15,16). The molecule has 0 atom stereocenters. The molecule has 0 bridgehead atoms. The second kappa shape index (κ2) is 5.72. The molecule has 8 nitrogen and oxygen atoms in total. The van der Waals surface area contributed by atoms with Crippen molar-refractivity contribution in [3.05, 3.63) is 11.8 Å². The van der Waals surface area contributed by atoms with Gasteiger partial charge in [-0.15, -0.1) is 0 Å². The lowest BCUT2D eigenvalue weighted by Gasteiger charge is -2.13. The van der Waals surface area contributed by atoms with Gasteiger partial charge in [-0.1, -0.05) is 0 Å². The quantitative estimate of drug-likeness (QED) is 0.879. The van der Waals surface area contributed by atoms with Gasteiger partial charge in [-0.05, 0) is 13.8 Å². The molecule has 0 amide bonds. The molecule has 0 unspecified atom stereocenters. The summed E-state index contributed by atoms with van der Waals surface area (Å²) in [5.74, 6) is 1.60. The summed E-state index contributed by atoms with van der Waals surface area (Å²) in [4.78, 5) is 14.6. The molecule has 2 aromatic heterocycles. The van der Waals surface area contributed by atoms with Crippen molar-refractivity contribution in [1.82, 2.24) is 24.7 Å². The molecule has 0 aliphatic heterocycles. The van der Waals surface area contributed by atoms with Crippen LogP contribution in [0.5, 0.6) is 11.9 Å². The molecule has 0 saturated heterocycles. The van der Waals surface area contributed by atoms with Crippen molar-refractivity contribution in [3.8, 4) is 11.9 Å². The van der Waals surface area contributed by atoms with E-state index < -0.39 is 0 Å². The predicted molar refractivity (Wildman–Crippen MR) is 76.3 cm³/mol. The number of aryl methyl sites for hydroxylation is 2. The highest BCUT2D eigenvalue weighted by atomic mass is 16.5. The Labute approximate surface area is 117 Å². The molecule has 2 aromatic rings. The molecule has 2 rings (SSSR count). The Kier molecular flexibility index (Phi) is 4.02. The van der Waals surface area contributed by atoms with Crippen LogP contribution >= 0.6 is 0 Å². The summed E-state index contributed by atoms with van der Waals surface area (Å²) >= 11 is 0. The van der Waals surface area contributed by atoms with Crippen molar-refractivity contribution in [3.63, 3.8) is 0 Å². The van der Waals surface area contributed by atoms with E-state index in [-0.39, 0.29) is 6.01 Å². The van der Waals surface area contributed by atoms with Crippen molar-refractivity contribution < 1.29 is 4.74 Å². The van der Waals surface area contributed by atoms with Gasteiger partial charge in [-0.2, -0.15) is 20.1 Å². The van der Waals surface area contributed by atoms with Crippen LogP contribution < -0.4 is 15.0 Å². The van der Waals surface area contributed by atoms with Gasteiger partial charge in [0.1, 0.15) is 0 Å². The summed E-state index contributed by atoms with van der Waals surface area (Å²) in [6.07, 6.45) is 0. The molecule has 0 aromatic carbocycles. The number of ether oxygens (including phenoxy) is 1. The van der Waals surface area contributed by atoms with Crippen LogP contribution in [0.2, 0.25) is 0 Å². The van der Waals surface area contributed by atoms with Gasteiger partial charge in [0.2, 0.25) is 17.8 Å². The Morgan fingerprint density at radius 1 is 1.30 bits per heavy atom. The van der Waals surface area contributed by atoms with E-state index in [0.29, 0.717) is 17.8 Å². The van der Waals surface area contributed by atoms with E-state index in [1.807, 2.05) is 41.1 Å². The van der Waals surface area contributed by atoms with E-state index in [4.69, 9.17) is 4.74 Å². The van der Waals surface area contributed by atoms with Gasteiger partial charge in [0.25, 0.3) is 0 Å². The normalized spacial score (nSPS) is 10.4. The zero-order chi connectivity index (χ0) is 14.7. The minimum Gasteiger partial charge on any atom is -0.405 e. The summed E-state index contributed by atoms with van der Waals surface area (Å²) in [7, 11) is 5.54. The Morgan fingerprint density at radius 2 is 2.05 bits per heavy atom.